The highest BCUT2D eigenvalue weighted by atomic mass is 16.6. The number of carbonyl (C=O) groups is 1. The van der Waals surface area contributed by atoms with Gasteiger partial charge < -0.3 is 9.64 Å². The van der Waals surface area contributed by atoms with Crippen LogP contribution in [0.2, 0.25) is 0 Å². The summed E-state index contributed by atoms with van der Waals surface area (Å²) in [6, 6.07) is 11.3. The number of hydrogen-bond acceptors (Lipinski definition) is 3. The normalized spacial score (nSPS) is 28.2. The van der Waals surface area contributed by atoms with Crippen LogP contribution in [0.3, 0.4) is 0 Å². The predicted octanol–water partition coefficient (Wildman–Crippen LogP) is 3.13. The van der Waals surface area contributed by atoms with Crippen molar-refractivity contribution in [1.82, 2.24) is 9.80 Å². The van der Waals surface area contributed by atoms with E-state index in [2.05, 4.69) is 36.1 Å². The van der Waals surface area contributed by atoms with Crippen LogP contribution in [0.5, 0.6) is 0 Å². The zero-order valence-corrected chi connectivity index (χ0v) is 14.0. The molecule has 1 aromatic rings. The highest BCUT2D eigenvalue weighted by Crippen LogP contribution is 2.37. The molecule has 1 aromatic carbocycles. The summed E-state index contributed by atoms with van der Waals surface area (Å²) in [4.78, 5) is 16.8. The van der Waals surface area contributed by atoms with Crippen molar-refractivity contribution in [2.75, 3.05) is 13.1 Å². The summed E-state index contributed by atoms with van der Waals surface area (Å²) in [6.45, 7) is 10.7. The summed E-state index contributed by atoms with van der Waals surface area (Å²) >= 11 is 0. The first kappa shape index (κ1) is 15.3. The number of nitrogens with zero attached hydrogens (tertiary/aromatic N) is 2. The molecule has 2 heterocycles. The smallest absolute Gasteiger partial charge is 0.410 e. The van der Waals surface area contributed by atoms with Crippen LogP contribution in [0.4, 0.5) is 4.79 Å². The monoisotopic (exact) mass is 302 g/mol. The molecular weight excluding hydrogens is 276 g/mol. The van der Waals surface area contributed by atoms with E-state index in [9.17, 15) is 4.79 Å². The third kappa shape index (κ3) is 2.98. The molecule has 2 saturated heterocycles. The maximum absolute atomic E-state index is 12.3. The average Bonchev–Trinajstić information content (AvgIpc) is 2.90. The number of benzene rings is 1. The number of amides is 1. The Balaban J connectivity index is 1.64. The molecule has 4 heteroatoms. The van der Waals surface area contributed by atoms with Gasteiger partial charge in [-0.1, -0.05) is 37.3 Å². The van der Waals surface area contributed by atoms with Gasteiger partial charge in [-0.25, -0.2) is 4.79 Å². The Labute approximate surface area is 133 Å². The summed E-state index contributed by atoms with van der Waals surface area (Å²) in [6.07, 6.45) is -0.161. The lowest BCUT2D eigenvalue weighted by Crippen LogP contribution is -2.49. The minimum absolute atomic E-state index is 0.161. The van der Waals surface area contributed by atoms with Crippen molar-refractivity contribution in [3.63, 3.8) is 0 Å². The molecular formula is C18H26N2O2. The van der Waals surface area contributed by atoms with Gasteiger partial charge in [0.05, 0.1) is 6.04 Å². The third-order valence-corrected chi connectivity index (χ3v) is 4.75. The van der Waals surface area contributed by atoms with Crippen LogP contribution < -0.4 is 0 Å². The molecule has 3 rings (SSSR count). The lowest BCUT2D eigenvalue weighted by Gasteiger charge is -2.35. The van der Waals surface area contributed by atoms with Crippen molar-refractivity contribution in [3.05, 3.63) is 35.9 Å². The van der Waals surface area contributed by atoms with Gasteiger partial charge in [-0.05, 0) is 32.3 Å². The van der Waals surface area contributed by atoms with E-state index in [0.717, 1.165) is 19.6 Å². The van der Waals surface area contributed by atoms with Gasteiger partial charge >= 0.3 is 6.09 Å². The van der Waals surface area contributed by atoms with E-state index in [1.807, 2.05) is 31.7 Å². The fourth-order valence-electron chi connectivity index (χ4n) is 3.66. The number of piperazine rings is 1. The largest absolute Gasteiger partial charge is 0.444 e. The number of fused-ring (bicyclic) bond motifs is 2. The quantitative estimate of drug-likeness (QED) is 0.841. The Kier molecular flexibility index (Phi) is 3.89. The summed E-state index contributed by atoms with van der Waals surface area (Å²) < 4.78 is 5.54. The molecule has 2 fully saturated rings. The first-order valence-corrected chi connectivity index (χ1v) is 8.13. The van der Waals surface area contributed by atoms with E-state index in [-0.39, 0.29) is 12.1 Å². The number of ether oxygens (including phenoxy) is 1. The molecule has 3 unspecified atom stereocenters. The topological polar surface area (TPSA) is 32.8 Å². The van der Waals surface area contributed by atoms with Gasteiger partial charge in [0.1, 0.15) is 5.60 Å². The minimum atomic E-state index is -0.425. The fourth-order valence-corrected chi connectivity index (χ4v) is 3.66. The second-order valence-corrected chi connectivity index (χ2v) is 7.54. The molecule has 1 amide bonds. The lowest BCUT2D eigenvalue weighted by atomic mass is 10.0. The van der Waals surface area contributed by atoms with Gasteiger partial charge in [0.2, 0.25) is 0 Å². The van der Waals surface area contributed by atoms with Crippen molar-refractivity contribution in [1.29, 1.82) is 0 Å². The van der Waals surface area contributed by atoms with Crippen LogP contribution in [0.25, 0.3) is 0 Å². The number of likely N-dealkylation sites (tertiary alicyclic amines) is 2. The highest BCUT2D eigenvalue weighted by molar-refractivity contribution is 5.69. The van der Waals surface area contributed by atoms with Gasteiger partial charge in [0.25, 0.3) is 0 Å². The van der Waals surface area contributed by atoms with Gasteiger partial charge in [0, 0.05) is 25.7 Å². The lowest BCUT2D eigenvalue weighted by molar-refractivity contribution is 0.0120. The molecule has 4 nitrogen and oxygen atoms in total. The fraction of sp³-hybridized carbons (Fsp3) is 0.611. The zero-order valence-electron chi connectivity index (χ0n) is 14.0. The number of carbonyl (C=O) groups excluding carboxylic acids is 1. The van der Waals surface area contributed by atoms with E-state index < -0.39 is 5.60 Å². The minimum Gasteiger partial charge on any atom is -0.444 e. The molecule has 3 atom stereocenters. The van der Waals surface area contributed by atoms with Crippen molar-refractivity contribution >= 4 is 6.09 Å². The molecule has 0 aliphatic carbocycles. The summed E-state index contributed by atoms with van der Waals surface area (Å²) in [7, 11) is 0. The molecule has 22 heavy (non-hydrogen) atoms. The van der Waals surface area contributed by atoms with E-state index in [1.54, 1.807) is 0 Å². The molecule has 2 aliphatic rings. The Bertz CT molecular complexity index is 538. The summed E-state index contributed by atoms with van der Waals surface area (Å²) in [5, 5.41) is 0. The summed E-state index contributed by atoms with van der Waals surface area (Å²) in [5.74, 6) is 0.510. The van der Waals surface area contributed by atoms with Gasteiger partial charge in [-0.3, -0.25) is 4.90 Å². The third-order valence-electron chi connectivity index (χ3n) is 4.75. The van der Waals surface area contributed by atoms with Crippen molar-refractivity contribution in [2.45, 2.75) is 51.9 Å². The van der Waals surface area contributed by atoms with Gasteiger partial charge in [-0.15, -0.1) is 0 Å². The predicted molar refractivity (Wildman–Crippen MR) is 86.5 cm³/mol. The molecule has 2 aliphatic heterocycles. The van der Waals surface area contributed by atoms with Crippen molar-refractivity contribution in [2.24, 2.45) is 5.92 Å². The van der Waals surface area contributed by atoms with E-state index in [4.69, 9.17) is 4.74 Å². The number of hydrogen-bond donors (Lipinski definition) is 0. The van der Waals surface area contributed by atoms with E-state index in [0.29, 0.717) is 12.0 Å². The van der Waals surface area contributed by atoms with Gasteiger partial charge in [0.15, 0.2) is 0 Å². The highest BCUT2D eigenvalue weighted by Gasteiger charge is 2.51. The van der Waals surface area contributed by atoms with Crippen LogP contribution >= 0.6 is 0 Å². The molecule has 0 aromatic heterocycles. The first-order valence-electron chi connectivity index (χ1n) is 8.13. The Morgan fingerprint density at radius 3 is 2.41 bits per heavy atom. The van der Waals surface area contributed by atoms with E-state index in [1.165, 1.54) is 5.56 Å². The SMILES string of the molecule is CC1C2CN(C(=O)OC(C)(C)C)C1CN2Cc1ccccc1. The second-order valence-electron chi connectivity index (χ2n) is 7.54. The van der Waals surface area contributed by atoms with Crippen LogP contribution in [0.15, 0.2) is 30.3 Å². The van der Waals surface area contributed by atoms with Crippen molar-refractivity contribution < 1.29 is 9.53 Å². The summed E-state index contributed by atoms with van der Waals surface area (Å²) in [5.41, 5.74) is 0.914. The molecule has 0 N–H and O–H groups in total. The van der Waals surface area contributed by atoms with Crippen LogP contribution in [-0.4, -0.2) is 46.7 Å². The van der Waals surface area contributed by atoms with Crippen molar-refractivity contribution in [3.8, 4) is 0 Å². The molecule has 120 valence electrons. The van der Waals surface area contributed by atoms with Crippen LogP contribution in [0.1, 0.15) is 33.3 Å². The molecule has 0 saturated carbocycles. The standard InChI is InChI=1S/C18H26N2O2/c1-13-15-12-20(17(21)22-18(2,3)4)16(13)11-19(15)10-14-8-6-5-7-9-14/h5-9,13,15-16H,10-12H2,1-4H3. The molecule has 2 bridgehead atoms. The van der Waals surface area contributed by atoms with E-state index >= 15 is 0 Å². The Hall–Kier alpha value is -1.55. The average molecular weight is 302 g/mol. The van der Waals surface area contributed by atoms with Crippen LogP contribution in [0, 0.1) is 5.92 Å². The maximum Gasteiger partial charge on any atom is 0.410 e. The first-order chi connectivity index (χ1) is 10.3. The Morgan fingerprint density at radius 2 is 1.86 bits per heavy atom. The van der Waals surface area contributed by atoms with Crippen LogP contribution in [-0.2, 0) is 11.3 Å². The zero-order chi connectivity index (χ0) is 15.9. The maximum atomic E-state index is 12.3. The Morgan fingerprint density at radius 1 is 1.18 bits per heavy atom. The number of rotatable bonds is 2. The second kappa shape index (κ2) is 5.58. The molecule has 0 spiro atoms. The molecule has 0 radical (unpaired) electrons. The van der Waals surface area contributed by atoms with Gasteiger partial charge in [-0.2, -0.15) is 0 Å².